The molecule has 20 heavy (non-hydrogen) atoms. The van der Waals surface area contributed by atoms with E-state index in [-0.39, 0.29) is 17.1 Å². The molecule has 1 amide bonds. The molecule has 2 rings (SSSR count). The van der Waals surface area contributed by atoms with Crippen molar-refractivity contribution in [1.29, 1.82) is 0 Å². The van der Waals surface area contributed by atoms with E-state index in [1.165, 1.54) is 6.07 Å². The van der Waals surface area contributed by atoms with Gasteiger partial charge in [0.15, 0.2) is 0 Å². The minimum atomic E-state index is -0.332. The second-order valence-electron chi connectivity index (χ2n) is 4.32. The summed E-state index contributed by atoms with van der Waals surface area (Å²) >= 11 is 5.87. The first-order valence-corrected chi connectivity index (χ1v) is 6.46. The summed E-state index contributed by atoms with van der Waals surface area (Å²) in [4.78, 5) is 20.3. The van der Waals surface area contributed by atoms with Gasteiger partial charge in [-0.25, -0.2) is 9.97 Å². The summed E-state index contributed by atoms with van der Waals surface area (Å²) in [6, 6.07) is 2.79. The van der Waals surface area contributed by atoms with Crippen LogP contribution in [-0.4, -0.2) is 22.9 Å². The van der Waals surface area contributed by atoms with Crippen LogP contribution in [0.15, 0.2) is 22.7 Å². The van der Waals surface area contributed by atoms with Crippen LogP contribution >= 0.6 is 11.6 Å². The maximum absolute atomic E-state index is 12.2. The number of carbonyl (C=O) groups excluding carboxylic acids is 1. The van der Waals surface area contributed by atoms with Crippen LogP contribution in [-0.2, 0) is 0 Å². The summed E-state index contributed by atoms with van der Waals surface area (Å²) in [5.74, 6) is 1.42. The molecule has 2 heterocycles. The van der Waals surface area contributed by atoms with Crippen LogP contribution in [0.25, 0.3) is 0 Å². The molecule has 106 valence electrons. The van der Waals surface area contributed by atoms with Gasteiger partial charge in [-0.05, 0) is 26.0 Å². The van der Waals surface area contributed by atoms with E-state index in [1.54, 1.807) is 33.2 Å². The Morgan fingerprint density at radius 2 is 2.20 bits per heavy atom. The Labute approximate surface area is 121 Å². The highest BCUT2D eigenvalue weighted by molar-refractivity contribution is 6.29. The molecule has 0 radical (unpaired) electrons. The van der Waals surface area contributed by atoms with E-state index in [2.05, 4.69) is 20.6 Å². The highest BCUT2D eigenvalue weighted by Gasteiger charge is 2.16. The first kappa shape index (κ1) is 14.3. The number of halogens is 1. The van der Waals surface area contributed by atoms with Crippen molar-refractivity contribution < 1.29 is 9.21 Å². The first-order chi connectivity index (χ1) is 9.49. The number of nitrogens with zero attached hydrogens (tertiary/aromatic N) is 2. The summed E-state index contributed by atoms with van der Waals surface area (Å²) in [6.45, 7) is 3.60. The minimum absolute atomic E-state index is 0.252. The van der Waals surface area contributed by atoms with E-state index in [0.29, 0.717) is 23.0 Å². The number of pyridine rings is 1. The lowest BCUT2D eigenvalue weighted by Gasteiger charge is -2.11. The van der Waals surface area contributed by atoms with E-state index in [0.717, 1.165) is 0 Å². The number of aromatic nitrogens is 2. The second kappa shape index (κ2) is 5.92. The Bertz CT molecular complexity index is 627. The number of amides is 1. The second-order valence-corrected chi connectivity index (χ2v) is 4.71. The highest BCUT2D eigenvalue weighted by Crippen LogP contribution is 2.16. The van der Waals surface area contributed by atoms with Crippen LogP contribution in [0.3, 0.4) is 0 Å². The number of hydrogen-bond donors (Lipinski definition) is 2. The lowest BCUT2D eigenvalue weighted by atomic mass is 10.2. The van der Waals surface area contributed by atoms with Crippen molar-refractivity contribution >= 4 is 23.3 Å². The highest BCUT2D eigenvalue weighted by atomic mass is 35.5. The summed E-state index contributed by atoms with van der Waals surface area (Å²) in [6.07, 6.45) is 1.61. The van der Waals surface area contributed by atoms with Crippen molar-refractivity contribution in [1.82, 2.24) is 15.3 Å². The molecule has 0 aliphatic rings. The molecule has 1 atom stereocenters. The van der Waals surface area contributed by atoms with Gasteiger partial charge in [-0.3, -0.25) is 4.79 Å². The molecule has 0 saturated heterocycles. The summed E-state index contributed by atoms with van der Waals surface area (Å²) in [5, 5.41) is 5.89. The van der Waals surface area contributed by atoms with Crippen LogP contribution in [0.5, 0.6) is 0 Å². The Hall–Kier alpha value is -2.08. The maximum atomic E-state index is 12.2. The zero-order chi connectivity index (χ0) is 14.7. The summed E-state index contributed by atoms with van der Waals surface area (Å²) in [5.41, 5.74) is 0.421. The van der Waals surface area contributed by atoms with E-state index in [9.17, 15) is 4.79 Å². The van der Waals surface area contributed by atoms with Crippen molar-refractivity contribution in [2.75, 3.05) is 12.4 Å². The van der Waals surface area contributed by atoms with E-state index in [4.69, 9.17) is 16.0 Å². The molecule has 0 saturated carbocycles. The van der Waals surface area contributed by atoms with Gasteiger partial charge in [-0.15, -0.1) is 0 Å². The predicted octanol–water partition coefficient (Wildman–Crippen LogP) is 2.56. The number of anilines is 1. The van der Waals surface area contributed by atoms with Crippen molar-refractivity contribution in [2.24, 2.45) is 0 Å². The number of oxazole rings is 1. The monoisotopic (exact) mass is 294 g/mol. The number of hydrogen-bond acceptors (Lipinski definition) is 5. The Balaban J connectivity index is 2.13. The maximum Gasteiger partial charge on any atom is 0.252 e. The van der Waals surface area contributed by atoms with E-state index >= 15 is 0 Å². The molecule has 0 aliphatic heterocycles. The third-order valence-corrected chi connectivity index (χ3v) is 2.86. The fourth-order valence-electron chi connectivity index (χ4n) is 1.67. The summed E-state index contributed by atoms with van der Waals surface area (Å²) in [7, 11) is 1.71. The van der Waals surface area contributed by atoms with Gasteiger partial charge in [0.1, 0.15) is 22.8 Å². The SMILES string of the molecule is CNc1cc(C(=O)NC(C)c2ncc(C)o2)cc(Cl)n1. The smallest absolute Gasteiger partial charge is 0.252 e. The molecular formula is C13H15ClN4O2. The van der Waals surface area contributed by atoms with Crippen LogP contribution in [0.1, 0.15) is 35.0 Å². The molecule has 0 bridgehead atoms. The fraction of sp³-hybridized carbons (Fsp3) is 0.308. The lowest BCUT2D eigenvalue weighted by Crippen LogP contribution is -2.27. The van der Waals surface area contributed by atoms with Crippen LogP contribution in [0.4, 0.5) is 5.82 Å². The van der Waals surface area contributed by atoms with Crippen molar-refractivity contribution in [2.45, 2.75) is 19.9 Å². The largest absolute Gasteiger partial charge is 0.444 e. The van der Waals surface area contributed by atoms with Crippen molar-refractivity contribution in [3.05, 3.63) is 40.7 Å². The molecule has 2 aromatic rings. The Kier molecular flexibility index (Phi) is 4.24. The molecule has 0 spiro atoms. The van der Waals surface area contributed by atoms with Crippen molar-refractivity contribution in [3.8, 4) is 0 Å². The number of carbonyl (C=O) groups is 1. The van der Waals surface area contributed by atoms with Crippen molar-refractivity contribution in [3.63, 3.8) is 0 Å². The van der Waals surface area contributed by atoms with Gasteiger partial charge >= 0.3 is 0 Å². The zero-order valence-corrected chi connectivity index (χ0v) is 12.2. The Morgan fingerprint density at radius 3 is 2.80 bits per heavy atom. The van der Waals surface area contributed by atoms with Gasteiger partial charge in [0, 0.05) is 12.6 Å². The van der Waals surface area contributed by atoms with Crippen LogP contribution in [0, 0.1) is 6.92 Å². The van der Waals surface area contributed by atoms with E-state index in [1.807, 2.05) is 0 Å². The predicted molar refractivity (Wildman–Crippen MR) is 75.9 cm³/mol. The van der Waals surface area contributed by atoms with Gasteiger partial charge in [-0.2, -0.15) is 0 Å². The average molecular weight is 295 g/mol. The van der Waals surface area contributed by atoms with E-state index < -0.39 is 0 Å². The molecular weight excluding hydrogens is 280 g/mol. The zero-order valence-electron chi connectivity index (χ0n) is 11.4. The van der Waals surface area contributed by atoms with Crippen LogP contribution in [0.2, 0.25) is 5.15 Å². The molecule has 1 unspecified atom stereocenters. The molecule has 6 nitrogen and oxygen atoms in total. The number of aryl methyl sites for hydroxylation is 1. The molecule has 7 heteroatoms. The van der Waals surface area contributed by atoms with Gasteiger partial charge in [0.05, 0.1) is 6.20 Å². The summed E-state index contributed by atoms with van der Waals surface area (Å²) < 4.78 is 5.37. The molecule has 0 aromatic carbocycles. The topological polar surface area (TPSA) is 80.0 Å². The normalized spacial score (nSPS) is 12.0. The minimum Gasteiger partial charge on any atom is -0.444 e. The molecule has 0 aliphatic carbocycles. The van der Waals surface area contributed by atoms with Gasteiger partial charge in [-0.1, -0.05) is 11.6 Å². The molecule has 2 N–H and O–H groups in total. The number of rotatable bonds is 4. The fourth-order valence-corrected chi connectivity index (χ4v) is 1.88. The molecule has 0 fully saturated rings. The van der Waals surface area contributed by atoms with Gasteiger partial charge < -0.3 is 15.1 Å². The quantitative estimate of drug-likeness (QED) is 0.847. The van der Waals surface area contributed by atoms with Gasteiger partial charge in [0.2, 0.25) is 5.89 Å². The average Bonchev–Trinajstić information content (AvgIpc) is 2.84. The number of nitrogens with one attached hydrogen (secondary N) is 2. The van der Waals surface area contributed by atoms with Gasteiger partial charge in [0.25, 0.3) is 5.91 Å². The lowest BCUT2D eigenvalue weighted by molar-refractivity contribution is 0.0934. The standard InChI is InChI=1S/C13H15ClN4O2/c1-7-6-16-13(20-7)8(2)17-12(19)9-4-10(14)18-11(5-9)15-3/h4-6,8H,1-3H3,(H,15,18)(H,17,19). The van der Waals surface area contributed by atoms with Crippen LogP contribution < -0.4 is 10.6 Å². The molecule has 2 aromatic heterocycles. The first-order valence-electron chi connectivity index (χ1n) is 6.08. The Morgan fingerprint density at radius 1 is 1.45 bits per heavy atom. The third kappa shape index (κ3) is 3.27. The third-order valence-electron chi connectivity index (χ3n) is 2.67.